The lowest BCUT2D eigenvalue weighted by Gasteiger charge is -2.12. The second kappa shape index (κ2) is 6.73. The Kier molecular flexibility index (Phi) is 5.19. The van der Waals surface area contributed by atoms with Crippen LogP contribution in [0.5, 0.6) is 11.5 Å². The molecule has 112 valence electrons. The van der Waals surface area contributed by atoms with Gasteiger partial charge in [-0.2, -0.15) is 0 Å². The van der Waals surface area contributed by atoms with Crippen LogP contribution >= 0.6 is 27.5 Å². The van der Waals surface area contributed by atoms with Crippen LogP contribution in [-0.4, -0.2) is 6.04 Å². The summed E-state index contributed by atoms with van der Waals surface area (Å²) in [5.74, 6) is -1.72. The highest BCUT2D eigenvalue weighted by Crippen LogP contribution is 2.34. The molecule has 0 aromatic heterocycles. The summed E-state index contributed by atoms with van der Waals surface area (Å²) in [6.45, 7) is 1.77. The zero-order valence-corrected chi connectivity index (χ0v) is 13.5. The van der Waals surface area contributed by atoms with E-state index in [0.29, 0.717) is 21.5 Å². The number of hydrogen-bond acceptors (Lipinski definition) is 2. The van der Waals surface area contributed by atoms with Gasteiger partial charge in [0.05, 0.1) is 4.47 Å². The van der Waals surface area contributed by atoms with Crippen molar-refractivity contribution in [2.45, 2.75) is 19.4 Å². The molecule has 2 N–H and O–H groups in total. The Balaban J connectivity index is 2.32. The maximum absolute atomic E-state index is 14.0. The molecule has 2 rings (SSSR count). The van der Waals surface area contributed by atoms with Crippen LogP contribution in [0.25, 0.3) is 0 Å². The SMILES string of the molecule is CC(N)Cc1cc(F)c(Oc2ccc(Cl)cc2Br)c(F)c1. The van der Waals surface area contributed by atoms with Gasteiger partial charge in [0.25, 0.3) is 0 Å². The molecule has 0 aliphatic heterocycles. The Morgan fingerprint density at radius 2 is 1.86 bits per heavy atom. The summed E-state index contributed by atoms with van der Waals surface area (Å²) in [5, 5.41) is 0.488. The summed E-state index contributed by atoms with van der Waals surface area (Å²) in [5.41, 5.74) is 6.11. The van der Waals surface area contributed by atoms with E-state index < -0.39 is 17.4 Å². The second-order valence-corrected chi connectivity index (χ2v) is 6.04. The second-order valence-electron chi connectivity index (χ2n) is 4.75. The minimum Gasteiger partial charge on any atom is -0.450 e. The van der Waals surface area contributed by atoms with Gasteiger partial charge in [0, 0.05) is 11.1 Å². The number of benzene rings is 2. The first-order valence-electron chi connectivity index (χ1n) is 6.23. The third-order valence-electron chi connectivity index (χ3n) is 2.72. The maximum atomic E-state index is 14.0. The molecule has 1 atom stereocenters. The number of rotatable bonds is 4. The summed E-state index contributed by atoms with van der Waals surface area (Å²) >= 11 is 9.04. The number of halogens is 4. The Morgan fingerprint density at radius 3 is 2.38 bits per heavy atom. The van der Waals surface area contributed by atoms with Crippen LogP contribution in [0.1, 0.15) is 12.5 Å². The van der Waals surface area contributed by atoms with Crippen molar-refractivity contribution in [3.63, 3.8) is 0 Å². The molecule has 0 heterocycles. The van der Waals surface area contributed by atoms with Gasteiger partial charge in [0.1, 0.15) is 5.75 Å². The van der Waals surface area contributed by atoms with E-state index in [-0.39, 0.29) is 11.8 Å². The number of ether oxygens (including phenoxy) is 1. The first-order valence-corrected chi connectivity index (χ1v) is 7.40. The van der Waals surface area contributed by atoms with Crippen molar-refractivity contribution in [3.05, 3.63) is 57.0 Å². The van der Waals surface area contributed by atoms with E-state index in [9.17, 15) is 8.78 Å². The van der Waals surface area contributed by atoms with E-state index in [0.717, 1.165) is 0 Å². The lowest BCUT2D eigenvalue weighted by molar-refractivity contribution is 0.404. The molecular formula is C15H13BrClF2NO. The van der Waals surface area contributed by atoms with Gasteiger partial charge in [-0.15, -0.1) is 0 Å². The van der Waals surface area contributed by atoms with Crippen molar-refractivity contribution >= 4 is 27.5 Å². The molecule has 0 saturated carbocycles. The highest BCUT2D eigenvalue weighted by atomic mass is 79.9. The topological polar surface area (TPSA) is 35.2 Å². The molecule has 0 radical (unpaired) electrons. The summed E-state index contributed by atoms with van der Waals surface area (Å²) < 4.78 is 33.8. The first-order chi connectivity index (χ1) is 9.86. The van der Waals surface area contributed by atoms with Crippen molar-refractivity contribution < 1.29 is 13.5 Å². The molecule has 0 spiro atoms. The average molecular weight is 377 g/mol. The fourth-order valence-electron chi connectivity index (χ4n) is 1.87. The highest BCUT2D eigenvalue weighted by molar-refractivity contribution is 9.10. The van der Waals surface area contributed by atoms with Crippen molar-refractivity contribution in [2.75, 3.05) is 0 Å². The van der Waals surface area contributed by atoms with E-state index in [2.05, 4.69) is 15.9 Å². The molecule has 0 aliphatic rings. The van der Waals surface area contributed by atoms with Crippen LogP contribution < -0.4 is 10.5 Å². The minimum atomic E-state index is -0.771. The van der Waals surface area contributed by atoms with E-state index >= 15 is 0 Å². The largest absolute Gasteiger partial charge is 0.450 e. The smallest absolute Gasteiger partial charge is 0.198 e. The lowest BCUT2D eigenvalue weighted by Crippen LogP contribution is -2.18. The van der Waals surface area contributed by atoms with Gasteiger partial charge in [0.2, 0.25) is 0 Å². The lowest BCUT2D eigenvalue weighted by atomic mass is 10.1. The minimum absolute atomic E-state index is 0.180. The zero-order valence-electron chi connectivity index (χ0n) is 11.2. The highest BCUT2D eigenvalue weighted by Gasteiger charge is 2.15. The van der Waals surface area contributed by atoms with E-state index in [1.54, 1.807) is 19.1 Å². The molecule has 0 amide bonds. The zero-order chi connectivity index (χ0) is 15.6. The molecule has 2 aromatic rings. The molecule has 1 unspecified atom stereocenters. The van der Waals surface area contributed by atoms with E-state index in [1.165, 1.54) is 18.2 Å². The van der Waals surface area contributed by atoms with Gasteiger partial charge in [-0.25, -0.2) is 8.78 Å². The number of hydrogen-bond donors (Lipinski definition) is 1. The first kappa shape index (κ1) is 16.2. The fraction of sp³-hybridized carbons (Fsp3) is 0.200. The number of nitrogens with two attached hydrogens (primary N) is 1. The average Bonchev–Trinajstić information content (AvgIpc) is 2.35. The normalized spacial score (nSPS) is 12.3. The monoisotopic (exact) mass is 375 g/mol. The molecule has 0 bridgehead atoms. The molecule has 2 aromatic carbocycles. The Labute approximate surface area is 135 Å². The fourth-order valence-corrected chi connectivity index (χ4v) is 2.63. The van der Waals surface area contributed by atoms with Gasteiger partial charge < -0.3 is 10.5 Å². The Hall–Kier alpha value is -1.17. The summed E-state index contributed by atoms with van der Waals surface area (Å²) in [4.78, 5) is 0. The molecule has 2 nitrogen and oxygen atoms in total. The van der Waals surface area contributed by atoms with E-state index in [4.69, 9.17) is 22.1 Å². The predicted octanol–water partition coefficient (Wildman–Crippen LogP) is 5.06. The Morgan fingerprint density at radius 1 is 1.24 bits per heavy atom. The quantitative estimate of drug-likeness (QED) is 0.809. The molecule has 0 fully saturated rings. The summed E-state index contributed by atoms with van der Waals surface area (Å²) in [6, 6.07) is 6.96. The standard InChI is InChI=1S/C15H13BrClF2NO/c1-8(20)4-9-5-12(18)15(13(19)6-9)21-14-3-2-10(17)7-11(14)16/h2-3,5-8H,4,20H2,1H3. The molecule has 6 heteroatoms. The maximum Gasteiger partial charge on any atom is 0.198 e. The van der Waals surface area contributed by atoms with Crippen LogP contribution in [-0.2, 0) is 6.42 Å². The molecular weight excluding hydrogens is 364 g/mol. The van der Waals surface area contributed by atoms with Gasteiger partial charge in [-0.05, 0) is 65.2 Å². The molecule has 21 heavy (non-hydrogen) atoms. The predicted molar refractivity (Wildman–Crippen MR) is 82.9 cm³/mol. The summed E-state index contributed by atoms with van der Waals surface area (Å²) in [6.07, 6.45) is 0.388. The third kappa shape index (κ3) is 4.15. The van der Waals surface area contributed by atoms with Crippen molar-refractivity contribution in [2.24, 2.45) is 5.73 Å². The van der Waals surface area contributed by atoms with E-state index in [1.807, 2.05) is 0 Å². The molecule has 0 saturated heterocycles. The van der Waals surface area contributed by atoms with Crippen LogP contribution in [0.4, 0.5) is 8.78 Å². The van der Waals surface area contributed by atoms with Gasteiger partial charge in [-0.3, -0.25) is 0 Å². The van der Waals surface area contributed by atoms with Crippen molar-refractivity contribution in [1.29, 1.82) is 0 Å². The Bertz CT molecular complexity index is 641. The third-order valence-corrected chi connectivity index (χ3v) is 3.58. The van der Waals surface area contributed by atoms with Crippen LogP contribution in [0.3, 0.4) is 0 Å². The van der Waals surface area contributed by atoms with Gasteiger partial charge in [0.15, 0.2) is 17.4 Å². The van der Waals surface area contributed by atoms with Crippen molar-refractivity contribution in [3.8, 4) is 11.5 Å². The van der Waals surface area contributed by atoms with Crippen LogP contribution in [0.15, 0.2) is 34.8 Å². The van der Waals surface area contributed by atoms with Crippen LogP contribution in [0, 0.1) is 11.6 Å². The van der Waals surface area contributed by atoms with Gasteiger partial charge >= 0.3 is 0 Å². The molecule has 0 aliphatic carbocycles. The summed E-state index contributed by atoms with van der Waals surface area (Å²) in [7, 11) is 0. The van der Waals surface area contributed by atoms with Crippen LogP contribution in [0.2, 0.25) is 5.02 Å². The van der Waals surface area contributed by atoms with Crippen molar-refractivity contribution in [1.82, 2.24) is 0 Å². The van der Waals surface area contributed by atoms with Gasteiger partial charge in [-0.1, -0.05) is 11.6 Å².